The highest BCUT2D eigenvalue weighted by Gasteiger charge is 2.10. The maximum Gasteiger partial charge on any atom is 0.288 e. The van der Waals surface area contributed by atoms with E-state index >= 15 is 0 Å². The molecule has 0 saturated carbocycles. The zero-order valence-electron chi connectivity index (χ0n) is 12.4. The van der Waals surface area contributed by atoms with Crippen molar-refractivity contribution < 1.29 is 8.78 Å². The quantitative estimate of drug-likeness (QED) is 0.728. The normalized spacial score (nSPS) is 11.0. The van der Waals surface area contributed by atoms with Crippen LogP contribution in [0.3, 0.4) is 0 Å². The molecule has 112 valence electrons. The molecule has 0 bridgehead atoms. The summed E-state index contributed by atoms with van der Waals surface area (Å²) in [6.07, 6.45) is 0. The molecule has 0 aliphatic rings. The summed E-state index contributed by atoms with van der Waals surface area (Å²) in [7, 11) is 0. The maximum absolute atomic E-state index is 12.6. The minimum Gasteiger partial charge on any atom is -0.380 e. The highest BCUT2D eigenvalue weighted by molar-refractivity contribution is 7.99. The van der Waals surface area contributed by atoms with Gasteiger partial charge in [-0.25, -0.2) is 0 Å². The van der Waals surface area contributed by atoms with Gasteiger partial charge in [-0.15, -0.1) is 0 Å². The smallest absolute Gasteiger partial charge is 0.288 e. The lowest BCUT2D eigenvalue weighted by atomic mass is 10.00. The molecule has 0 heterocycles. The Morgan fingerprint density at radius 3 is 2.29 bits per heavy atom. The van der Waals surface area contributed by atoms with Crippen LogP contribution in [0.25, 0.3) is 0 Å². The monoisotopic (exact) mass is 307 g/mol. The second-order valence-electron chi connectivity index (χ2n) is 5.11. The molecule has 1 N–H and O–H groups in total. The molecule has 2 aromatic carbocycles. The summed E-state index contributed by atoms with van der Waals surface area (Å²) in [6.45, 7) is 6.87. The van der Waals surface area contributed by atoms with Crippen molar-refractivity contribution in [3.8, 4) is 0 Å². The molecule has 0 amide bonds. The summed E-state index contributed by atoms with van der Waals surface area (Å²) < 4.78 is 25.1. The molecule has 0 atom stereocenters. The van der Waals surface area contributed by atoms with Crippen molar-refractivity contribution in [2.24, 2.45) is 0 Å². The van der Waals surface area contributed by atoms with Gasteiger partial charge in [0.05, 0.1) is 0 Å². The molecule has 21 heavy (non-hydrogen) atoms. The summed E-state index contributed by atoms with van der Waals surface area (Å²) in [5, 5.41) is 3.28. The average molecular weight is 307 g/mol. The Kier molecular flexibility index (Phi) is 5.23. The van der Waals surface area contributed by atoms with E-state index in [1.165, 1.54) is 22.3 Å². The first-order chi connectivity index (χ1) is 9.97. The van der Waals surface area contributed by atoms with Crippen LogP contribution in [0.4, 0.5) is 14.5 Å². The van der Waals surface area contributed by atoms with E-state index in [9.17, 15) is 8.78 Å². The van der Waals surface area contributed by atoms with Crippen molar-refractivity contribution in [3.63, 3.8) is 0 Å². The van der Waals surface area contributed by atoms with E-state index in [2.05, 4.69) is 38.2 Å². The Labute approximate surface area is 128 Å². The molecule has 0 unspecified atom stereocenters. The third-order valence-electron chi connectivity index (χ3n) is 3.40. The Hall–Kier alpha value is -1.55. The first-order valence-corrected chi connectivity index (χ1v) is 7.70. The first kappa shape index (κ1) is 15.8. The fourth-order valence-corrected chi connectivity index (χ4v) is 3.10. The highest BCUT2D eigenvalue weighted by atomic mass is 32.2. The molecule has 4 heteroatoms. The van der Waals surface area contributed by atoms with Gasteiger partial charge in [0, 0.05) is 17.1 Å². The Morgan fingerprint density at radius 2 is 1.67 bits per heavy atom. The van der Waals surface area contributed by atoms with Crippen LogP contribution >= 0.6 is 11.8 Å². The van der Waals surface area contributed by atoms with E-state index in [1.54, 1.807) is 12.1 Å². The summed E-state index contributed by atoms with van der Waals surface area (Å²) in [5.41, 5.74) is 5.65. The minimum absolute atomic E-state index is 0.575. The molecule has 0 aliphatic carbocycles. The Morgan fingerprint density at radius 1 is 1.05 bits per heavy atom. The number of alkyl halides is 2. The lowest BCUT2D eigenvalue weighted by Gasteiger charge is -2.15. The van der Waals surface area contributed by atoms with Gasteiger partial charge in [0.15, 0.2) is 0 Å². The standard InChI is InChI=1S/C17H19F2NS/c1-11-8-12(2)14(13(3)9-11)10-20-15-6-4-5-7-16(15)21-17(18)19/h4-9,17,20H,10H2,1-3H3. The number of hydrogen-bond donors (Lipinski definition) is 1. The van der Waals surface area contributed by atoms with Gasteiger partial charge >= 0.3 is 0 Å². The number of halogens is 2. The fourth-order valence-electron chi connectivity index (χ4n) is 2.48. The minimum atomic E-state index is -2.41. The molecular weight excluding hydrogens is 288 g/mol. The largest absolute Gasteiger partial charge is 0.380 e. The van der Waals surface area contributed by atoms with Crippen LogP contribution in [0, 0.1) is 20.8 Å². The number of hydrogen-bond acceptors (Lipinski definition) is 2. The topological polar surface area (TPSA) is 12.0 Å². The average Bonchev–Trinajstić information content (AvgIpc) is 2.38. The van der Waals surface area contributed by atoms with E-state index in [4.69, 9.17) is 0 Å². The van der Waals surface area contributed by atoms with Crippen molar-refractivity contribution in [2.75, 3.05) is 5.32 Å². The number of para-hydroxylation sites is 1. The molecule has 2 rings (SSSR count). The molecule has 0 saturated heterocycles. The van der Waals surface area contributed by atoms with Crippen molar-refractivity contribution in [1.82, 2.24) is 0 Å². The van der Waals surface area contributed by atoms with Gasteiger partial charge in [-0.1, -0.05) is 41.6 Å². The number of rotatable bonds is 5. The maximum atomic E-state index is 12.6. The van der Waals surface area contributed by atoms with E-state index in [-0.39, 0.29) is 0 Å². The Balaban J connectivity index is 2.17. The number of thioether (sulfide) groups is 1. The number of anilines is 1. The molecule has 0 fully saturated rings. The number of nitrogens with one attached hydrogen (secondary N) is 1. The highest BCUT2D eigenvalue weighted by Crippen LogP contribution is 2.32. The van der Waals surface area contributed by atoms with Crippen molar-refractivity contribution in [2.45, 2.75) is 38.0 Å². The summed E-state index contributed by atoms with van der Waals surface area (Å²) in [4.78, 5) is 0.579. The van der Waals surface area contributed by atoms with Gasteiger partial charge in [-0.3, -0.25) is 0 Å². The van der Waals surface area contributed by atoms with Crippen molar-refractivity contribution >= 4 is 17.4 Å². The van der Waals surface area contributed by atoms with Gasteiger partial charge in [-0.2, -0.15) is 8.78 Å². The number of benzene rings is 2. The van der Waals surface area contributed by atoms with Gasteiger partial charge in [0.1, 0.15) is 0 Å². The fraction of sp³-hybridized carbons (Fsp3) is 0.294. The predicted molar refractivity (Wildman–Crippen MR) is 86.3 cm³/mol. The van der Waals surface area contributed by atoms with Crippen LogP contribution in [0.5, 0.6) is 0 Å². The van der Waals surface area contributed by atoms with E-state index in [1.807, 2.05) is 12.1 Å². The molecule has 2 aromatic rings. The van der Waals surface area contributed by atoms with Crippen molar-refractivity contribution in [1.29, 1.82) is 0 Å². The summed E-state index contributed by atoms with van der Waals surface area (Å²) in [5.74, 6) is -2.41. The molecule has 1 nitrogen and oxygen atoms in total. The third-order valence-corrected chi connectivity index (χ3v) is 4.19. The summed E-state index contributed by atoms with van der Waals surface area (Å²) in [6, 6.07) is 11.5. The molecule has 0 aliphatic heterocycles. The van der Waals surface area contributed by atoms with Gasteiger partial charge < -0.3 is 5.32 Å². The van der Waals surface area contributed by atoms with Gasteiger partial charge in [0.2, 0.25) is 0 Å². The van der Waals surface area contributed by atoms with Gasteiger partial charge in [0.25, 0.3) is 5.76 Å². The van der Waals surface area contributed by atoms with Gasteiger partial charge in [-0.05, 0) is 49.6 Å². The molecule has 0 radical (unpaired) electrons. The van der Waals surface area contributed by atoms with E-state index in [0.29, 0.717) is 23.2 Å². The summed E-state index contributed by atoms with van der Waals surface area (Å²) >= 11 is 0.575. The number of aryl methyl sites for hydroxylation is 3. The second kappa shape index (κ2) is 6.94. The van der Waals surface area contributed by atoms with Crippen LogP contribution < -0.4 is 5.32 Å². The van der Waals surface area contributed by atoms with Crippen LogP contribution in [0.1, 0.15) is 22.3 Å². The SMILES string of the molecule is Cc1cc(C)c(CNc2ccccc2SC(F)F)c(C)c1. The first-order valence-electron chi connectivity index (χ1n) is 6.82. The predicted octanol–water partition coefficient (Wildman–Crippen LogP) is 5.54. The van der Waals surface area contributed by atoms with Crippen LogP contribution in [-0.4, -0.2) is 5.76 Å². The molecule has 0 aromatic heterocycles. The van der Waals surface area contributed by atoms with E-state index in [0.717, 1.165) is 5.69 Å². The van der Waals surface area contributed by atoms with E-state index < -0.39 is 5.76 Å². The lowest BCUT2D eigenvalue weighted by molar-refractivity contribution is 0.252. The second-order valence-corrected chi connectivity index (χ2v) is 6.14. The van der Waals surface area contributed by atoms with Crippen LogP contribution in [0.15, 0.2) is 41.3 Å². The van der Waals surface area contributed by atoms with Crippen molar-refractivity contribution in [3.05, 3.63) is 58.7 Å². The zero-order chi connectivity index (χ0) is 15.4. The van der Waals surface area contributed by atoms with Crippen LogP contribution in [-0.2, 0) is 6.54 Å². The van der Waals surface area contributed by atoms with Crippen LogP contribution in [0.2, 0.25) is 0 Å². The lowest BCUT2D eigenvalue weighted by Crippen LogP contribution is -2.05. The third kappa shape index (κ3) is 4.21. The molecule has 0 spiro atoms. The zero-order valence-corrected chi connectivity index (χ0v) is 13.2. The molecular formula is C17H19F2NS. The Bertz CT molecular complexity index is 603.